The van der Waals surface area contributed by atoms with Gasteiger partial charge in [0.15, 0.2) is 5.17 Å². The second-order valence-electron chi connectivity index (χ2n) is 3.96. The standard InChI is InChI=1S/C11H9Cl2FN2O2/c12-9-7(11(17)15-6-1-2-6)3-5(4-8(9)14)10(13)16-18/h3-4,6,18H,1-2H2,(H,15,17). The molecule has 0 aliphatic heterocycles. The first-order chi connectivity index (χ1) is 8.52. The van der Waals surface area contributed by atoms with Crippen LogP contribution in [0.1, 0.15) is 28.8 Å². The summed E-state index contributed by atoms with van der Waals surface area (Å²) in [6, 6.07) is 2.41. The minimum atomic E-state index is -0.795. The highest BCUT2D eigenvalue weighted by molar-refractivity contribution is 6.69. The largest absolute Gasteiger partial charge is 0.410 e. The van der Waals surface area contributed by atoms with Gasteiger partial charge >= 0.3 is 0 Å². The molecule has 1 aliphatic carbocycles. The average Bonchev–Trinajstić information content (AvgIpc) is 3.15. The maximum atomic E-state index is 13.5. The van der Waals surface area contributed by atoms with Gasteiger partial charge in [0.1, 0.15) is 5.82 Å². The molecule has 0 radical (unpaired) electrons. The summed E-state index contributed by atoms with van der Waals surface area (Å²) < 4.78 is 13.5. The van der Waals surface area contributed by atoms with E-state index in [-0.39, 0.29) is 27.4 Å². The monoisotopic (exact) mass is 290 g/mol. The van der Waals surface area contributed by atoms with Crippen LogP contribution in [0.2, 0.25) is 5.02 Å². The Bertz CT molecular complexity index is 530. The second-order valence-corrected chi connectivity index (χ2v) is 4.69. The third kappa shape index (κ3) is 2.73. The molecule has 2 N–H and O–H groups in total. The number of carbonyl (C=O) groups excluding carboxylic acids is 1. The Kier molecular flexibility index (Phi) is 3.73. The predicted octanol–water partition coefficient (Wildman–Crippen LogP) is 2.75. The summed E-state index contributed by atoms with van der Waals surface area (Å²) in [4.78, 5) is 11.8. The lowest BCUT2D eigenvalue weighted by Gasteiger charge is -2.08. The SMILES string of the molecule is O=C(NC1CC1)c1cc(C(Cl)=NO)cc(F)c1Cl. The second kappa shape index (κ2) is 5.12. The van der Waals surface area contributed by atoms with Gasteiger partial charge in [0.2, 0.25) is 0 Å². The molecule has 0 aromatic heterocycles. The van der Waals surface area contributed by atoms with Crippen LogP contribution in [0, 0.1) is 5.82 Å². The highest BCUT2D eigenvalue weighted by Gasteiger charge is 2.26. The van der Waals surface area contributed by atoms with Crippen molar-refractivity contribution in [3.05, 3.63) is 34.1 Å². The van der Waals surface area contributed by atoms with Gasteiger partial charge in [0.25, 0.3) is 5.91 Å². The highest BCUT2D eigenvalue weighted by Crippen LogP contribution is 2.25. The van der Waals surface area contributed by atoms with E-state index in [0.717, 1.165) is 18.9 Å². The fraction of sp³-hybridized carbons (Fsp3) is 0.273. The molecule has 1 aromatic rings. The zero-order valence-corrected chi connectivity index (χ0v) is 10.6. The van der Waals surface area contributed by atoms with Crippen molar-refractivity contribution in [2.75, 3.05) is 0 Å². The van der Waals surface area contributed by atoms with E-state index < -0.39 is 11.7 Å². The molecule has 0 saturated heterocycles. The molecule has 2 rings (SSSR count). The molecule has 0 heterocycles. The lowest BCUT2D eigenvalue weighted by molar-refractivity contribution is 0.0950. The minimum Gasteiger partial charge on any atom is -0.410 e. The molecule has 0 atom stereocenters. The van der Waals surface area contributed by atoms with Crippen molar-refractivity contribution in [1.82, 2.24) is 5.32 Å². The summed E-state index contributed by atoms with van der Waals surface area (Å²) >= 11 is 11.3. The molecule has 1 fully saturated rings. The van der Waals surface area contributed by atoms with Gasteiger partial charge < -0.3 is 10.5 Å². The Balaban J connectivity index is 2.38. The molecule has 96 valence electrons. The Morgan fingerprint density at radius 2 is 2.17 bits per heavy atom. The first kappa shape index (κ1) is 13.1. The predicted molar refractivity (Wildman–Crippen MR) is 66.1 cm³/mol. The topological polar surface area (TPSA) is 61.7 Å². The number of rotatable bonds is 3. The maximum Gasteiger partial charge on any atom is 0.253 e. The van der Waals surface area contributed by atoms with Crippen LogP contribution in [-0.4, -0.2) is 22.3 Å². The van der Waals surface area contributed by atoms with Crippen molar-refractivity contribution in [1.29, 1.82) is 0 Å². The molecule has 0 bridgehead atoms. The summed E-state index contributed by atoms with van der Waals surface area (Å²) in [5, 5.41) is 13.4. The van der Waals surface area contributed by atoms with Gasteiger partial charge in [-0.25, -0.2) is 4.39 Å². The van der Waals surface area contributed by atoms with E-state index in [2.05, 4.69) is 10.5 Å². The van der Waals surface area contributed by atoms with E-state index in [4.69, 9.17) is 28.4 Å². The van der Waals surface area contributed by atoms with Crippen molar-refractivity contribution < 1.29 is 14.4 Å². The van der Waals surface area contributed by atoms with E-state index in [1.165, 1.54) is 6.07 Å². The Morgan fingerprint density at radius 3 is 2.72 bits per heavy atom. The summed E-state index contributed by atoms with van der Waals surface area (Å²) in [5.41, 5.74) is 0.0578. The number of benzene rings is 1. The lowest BCUT2D eigenvalue weighted by Crippen LogP contribution is -2.26. The quantitative estimate of drug-likeness (QED) is 0.511. The number of carbonyl (C=O) groups is 1. The van der Waals surface area contributed by atoms with Crippen LogP contribution in [0.5, 0.6) is 0 Å². The zero-order chi connectivity index (χ0) is 13.3. The third-order valence-corrected chi connectivity index (χ3v) is 3.19. The van der Waals surface area contributed by atoms with Crippen LogP contribution in [0.25, 0.3) is 0 Å². The fourth-order valence-electron chi connectivity index (χ4n) is 1.42. The molecule has 0 unspecified atom stereocenters. The Morgan fingerprint density at radius 1 is 1.50 bits per heavy atom. The average molecular weight is 291 g/mol. The van der Waals surface area contributed by atoms with Crippen LogP contribution in [-0.2, 0) is 0 Å². The highest BCUT2D eigenvalue weighted by atomic mass is 35.5. The number of amides is 1. The van der Waals surface area contributed by atoms with Gasteiger partial charge in [0, 0.05) is 11.6 Å². The molecule has 4 nitrogen and oxygen atoms in total. The smallest absolute Gasteiger partial charge is 0.253 e. The summed E-state index contributed by atoms with van der Waals surface area (Å²) in [6.07, 6.45) is 1.81. The number of nitrogens with one attached hydrogen (secondary N) is 1. The summed E-state index contributed by atoms with van der Waals surface area (Å²) in [6.45, 7) is 0. The first-order valence-corrected chi connectivity index (χ1v) is 5.96. The molecule has 1 aliphatic rings. The van der Waals surface area contributed by atoms with Crippen LogP contribution >= 0.6 is 23.2 Å². The lowest BCUT2D eigenvalue weighted by atomic mass is 10.1. The first-order valence-electron chi connectivity index (χ1n) is 5.20. The number of nitrogens with zero attached hydrogens (tertiary/aromatic N) is 1. The maximum absolute atomic E-state index is 13.5. The van der Waals surface area contributed by atoms with E-state index in [0.29, 0.717) is 0 Å². The molecule has 1 amide bonds. The number of hydrogen-bond acceptors (Lipinski definition) is 3. The van der Waals surface area contributed by atoms with E-state index in [1.807, 2.05) is 0 Å². The van der Waals surface area contributed by atoms with Crippen molar-refractivity contribution in [3.8, 4) is 0 Å². The van der Waals surface area contributed by atoms with Crippen molar-refractivity contribution in [3.63, 3.8) is 0 Å². The molecular formula is C11H9Cl2FN2O2. The number of halogens is 3. The molecule has 1 aromatic carbocycles. The van der Waals surface area contributed by atoms with E-state index in [1.54, 1.807) is 0 Å². The van der Waals surface area contributed by atoms with Crippen molar-refractivity contribution >= 4 is 34.3 Å². The number of oxime groups is 1. The van der Waals surface area contributed by atoms with Gasteiger partial charge in [-0.05, 0) is 25.0 Å². The van der Waals surface area contributed by atoms with Gasteiger partial charge in [0.05, 0.1) is 10.6 Å². The van der Waals surface area contributed by atoms with Crippen LogP contribution in [0.15, 0.2) is 17.3 Å². The summed E-state index contributed by atoms with van der Waals surface area (Å²) in [7, 11) is 0. The van der Waals surface area contributed by atoms with Gasteiger partial charge in [-0.2, -0.15) is 0 Å². The molecule has 18 heavy (non-hydrogen) atoms. The molecule has 7 heteroatoms. The van der Waals surface area contributed by atoms with Crippen LogP contribution in [0.4, 0.5) is 4.39 Å². The molecular weight excluding hydrogens is 282 g/mol. The normalized spacial score (nSPS) is 15.6. The van der Waals surface area contributed by atoms with Crippen molar-refractivity contribution in [2.24, 2.45) is 5.16 Å². The van der Waals surface area contributed by atoms with Gasteiger partial charge in [-0.1, -0.05) is 28.4 Å². The number of hydrogen-bond donors (Lipinski definition) is 2. The molecule has 0 spiro atoms. The zero-order valence-electron chi connectivity index (χ0n) is 9.08. The van der Waals surface area contributed by atoms with Crippen LogP contribution < -0.4 is 5.32 Å². The van der Waals surface area contributed by atoms with E-state index >= 15 is 0 Å². The van der Waals surface area contributed by atoms with E-state index in [9.17, 15) is 9.18 Å². The fourth-order valence-corrected chi connectivity index (χ4v) is 1.73. The van der Waals surface area contributed by atoms with Crippen LogP contribution in [0.3, 0.4) is 0 Å². The third-order valence-electron chi connectivity index (χ3n) is 2.51. The molecule has 1 saturated carbocycles. The van der Waals surface area contributed by atoms with Crippen molar-refractivity contribution in [2.45, 2.75) is 18.9 Å². The Labute approximate surface area is 112 Å². The Hall–Kier alpha value is -1.33. The summed E-state index contributed by atoms with van der Waals surface area (Å²) in [5.74, 6) is -1.26. The van der Waals surface area contributed by atoms with Gasteiger partial charge in [-0.3, -0.25) is 4.79 Å². The minimum absolute atomic E-state index is 0.0274. The van der Waals surface area contributed by atoms with Gasteiger partial charge in [-0.15, -0.1) is 0 Å².